The van der Waals surface area contributed by atoms with E-state index in [0.29, 0.717) is 59.3 Å². The predicted molar refractivity (Wildman–Crippen MR) is 327 cm³/mol. The number of hydrogen-bond donors (Lipinski definition) is 4. The number of carboxylic acids is 1. The molecule has 3 aromatic heterocycles. The van der Waals surface area contributed by atoms with Crippen LogP contribution in [0.25, 0.3) is 0 Å². The van der Waals surface area contributed by atoms with Gasteiger partial charge in [-0.05, 0) is 166 Å². The summed E-state index contributed by atoms with van der Waals surface area (Å²) in [6.07, 6.45) is 10.3. The zero-order chi connectivity index (χ0) is 60.8. The molecule has 5 N–H and O–H groups in total. The van der Waals surface area contributed by atoms with E-state index in [1.807, 2.05) is 109 Å². The molecule has 86 heavy (non-hydrogen) atoms. The van der Waals surface area contributed by atoms with Crippen LogP contribution in [0.15, 0.2) is 167 Å². The Hall–Kier alpha value is -8.10. The first-order valence-electron chi connectivity index (χ1n) is 27.0. The van der Waals surface area contributed by atoms with E-state index in [0.717, 1.165) is 109 Å². The number of fused-ring (bicyclic) bond motifs is 3. The van der Waals surface area contributed by atoms with Crippen LogP contribution in [0.3, 0.4) is 0 Å². The average Bonchev–Trinajstić information content (AvgIpc) is 2.28. The van der Waals surface area contributed by atoms with Crippen molar-refractivity contribution in [1.82, 2.24) is 15.0 Å². The summed E-state index contributed by atoms with van der Waals surface area (Å²) >= 11 is 7.31. The minimum atomic E-state index is -0.749. The number of nitrogens with two attached hydrogens (primary N) is 1. The molecule has 0 atom stereocenters. The maximum atomic E-state index is 13.0. The van der Waals surface area contributed by atoms with E-state index in [1.165, 1.54) is 0 Å². The van der Waals surface area contributed by atoms with Gasteiger partial charge in [-0.1, -0.05) is 48.5 Å². The third-order valence-corrected chi connectivity index (χ3v) is 15.8. The van der Waals surface area contributed by atoms with Crippen molar-refractivity contribution in [1.29, 1.82) is 0 Å². The van der Waals surface area contributed by atoms with Crippen LogP contribution in [0, 0.1) is 6.92 Å². The first-order chi connectivity index (χ1) is 41.7. The number of carboxylic acid groups (broad SMARTS) is 1. The number of para-hydroxylation sites is 2. The van der Waals surface area contributed by atoms with Gasteiger partial charge in [0.15, 0.2) is 34.5 Å². The van der Waals surface area contributed by atoms with Crippen molar-refractivity contribution in [2.45, 2.75) is 61.2 Å². The normalized spacial score (nSPS) is 15.2. The second-order valence-corrected chi connectivity index (χ2v) is 21.9. The number of halogens is 3. The number of nitrogen functional groups attached to an aromatic ring is 1. The number of methoxy groups -OCH3 is 2. The monoisotopic (exact) mass is 1360 g/mol. The quantitative estimate of drug-likeness (QED) is 0.0506. The van der Waals surface area contributed by atoms with Crippen LogP contribution in [-0.2, 0) is 54.4 Å². The summed E-state index contributed by atoms with van der Waals surface area (Å²) in [5.41, 5.74) is 11.5. The number of aromatic nitrogens is 3. The third kappa shape index (κ3) is 15.1. The van der Waals surface area contributed by atoms with E-state index in [2.05, 4.69) is 64.4 Å². The summed E-state index contributed by atoms with van der Waals surface area (Å²) in [5, 5.41) is 15.1. The van der Waals surface area contributed by atoms with E-state index in [1.54, 1.807) is 63.1 Å². The standard InChI is InChI=1S/C24H22N2O4.C16H13BrN2O3.C11H10O4.C8H9O.C5H5BrN2.ClH.Zn/c1-28-20-5-3-2-4-16(20)12-18-7-8-19(14-25-18)26-23(27)24(10-11-24)17-6-9-21-22(13-17)30-15-29-21;17-14-4-2-11(8-18-14)19-15(20)16(5-6-16)10-1-3-12-13(7-10)22-9-21-12;12-10(13)11(3-4-11)7-1-2-8-9(5-7)15-6-14-8;1-7-5-3-4-6-8(7)9-2;6-5-2-1-4(7)3-8-5;;/h2-9,13-14H,10-12,15H2,1H3,(H,26,27);1-4,7-8H,5-6,9H2,(H,19,20);1-2,5H,3-4,6H2,(H,12,13);3-6H,1H2,2H3;1-3H,7H2;1H;/q;;;-1;;;+2/p-1. The first-order valence-corrected chi connectivity index (χ1v) is 32.5. The molecule has 440 valence electrons. The van der Waals surface area contributed by atoms with Crippen molar-refractivity contribution in [3.8, 4) is 46.0 Å². The molecular weight excluding hydrogens is 1310 g/mol. The van der Waals surface area contributed by atoms with E-state index >= 15 is 0 Å². The Morgan fingerprint density at radius 1 is 0.558 bits per heavy atom. The van der Waals surface area contributed by atoms with Crippen molar-refractivity contribution in [2.24, 2.45) is 0 Å². The number of aliphatic carboxylic acids is 1. The topological polar surface area (TPSA) is 234 Å². The number of nitrogens with zero attached hydrogens (tertiary/aromatic N) is 3. The Balaban J connectivity index is 0.000000138. The van der Waals surface area contributed by atoms with Gasteiger partial charge in [-0.25, -0.2) is 9.97 Å². The number of carbonyl (C=O) groups excluding carboxylic acids is 2. The van der Waals surface area contributed by atoms with Crippen LogP contribution >= 0.6 is 41.6 Å². The second-order valence-electron chi connectivity index (χ2n) is 20.3. The molecule has 3 aliphatic carbocycles. The van der Waals surface area contributed by atoms with Crippen LogP contribution in [-0.4, -0.2) is 72.4 Å². The number of carbonyl (C=O) groups is 3. The van der Waals surface area contributed by atoms with Crippen molar-refractivity contribution in [3.63, 3.8) is 0 Å². The van der Waals surface area contributed by atoms with Gasteiger partial charge in [0.25, 0.3) is 0 Å². The van der Waals surface area contributed by atoms with Gasteiger partial charge in [0, 0.05) is 23.4 Å². The summed E-state index contributed by atoms with van der Waals surface area (Å²) in [7, 11) is 8.07. The van der Waals surface area contributed by atoms with Crippen molar-refractivity contribution >= 4 is 76.4 Å². The summed E-state index contributed by atoms with van der Waals surface area (Å²) in [6, 6.07) is 43.4. The summed E-state index contributed by atoms with van der Waals surface area (Å²) in [6.45, 7) is 4.45. The minimum absolute atomic E-state index is 0.00418. The Labute approximate surface area is 528 Å². The molecule has 0 saturated heterocycles. The van der Waals surface area contributed by atoms with Gasteiger partial charge in [0.05, 0.1) is 66.1 Å². The van der Waals surface area contributed by atoms with Crippen molar-refractivity contribution < 1.29 is 74.7 Å². The van der Waals surface area contributed by atoms with Gasteiger partial charge in [0.2, 0.25) is 32.2 Å². The number of rotatable bonds is 12. The van der Waals surface area contributed by atoms with Crippen molar-refractivity contribution in [3.05, 3.63) is 208 Å². The molecule has 0 unspecified atom stereocenters. The number of anilines is 3. The average molecular weight is 1360 g/mol. The summed E-state index contributed by atoms with van der Waals surface area (Å²) < 4.78 is 43.9. The van der Waals surface area contributed by atoms with Gasteiger partial charge in [-0.3, -0.25) is 19.4 Å². The number of nitrogens with one attached hydrogen (secondary N) is 2. The molecule has 22 heteroatoms. The Bertz CT molecular complexity index is 3650. The number of benzene rings is 5. The molecule has 6 aliphatic rings. The third-order valence-electron chi connectivity index (χ3n) is 14.9. The van der Waals surface area contributed by atoms with Crippen LogP contribution < -0.4 is 54.3 Å². The van der Waals surface area contributed by atoms with E-state index in [9.17, 15) is 14.4 Å². The molecule has 18 nitrogen and oxygen atoms in total. The molecule has 3 aliphatic heterocycles. The number of pyridine rings is 3. The fraction of sp³-hybridized carbons (Fsp3) is 0.234. The number of hydrogen-bond acceptors (Lipinski definition) is 15. The Morgan fingerprint density at radius 2 is 0.977 bits per heavy atom. The Morgan fingerprint density at radius 3 is 1.36 bits per heavy atom. The van der Waals surface area contributed by atoms with Crippen LogP contribution in [0.1, 0.15) is 72.0 Å². The van der Waals surface area contributed by atoms with E-state index in [4.69, 9.17) is 58.4 Å². The molecule has 8 aromatic rings. The van der Waals surface area contributed by atoms with E-state index in [-0.39, 0.29) is 32.2 Å². The van der Waals surface area contributed by atoms with Crippen LogP contribution in [0.4, 0.5) is 17.1 Å². The van der Waals surface area contributed by atoms with Crippen LogP contribution in [0.2, 0.25) is 0 Å². The van der Waals surface area contributed by atoms with Gasteiger partial charge in [-0.2, -0.15) is 18.6 Å². The second kappa shape index (κ2) is 28.4. The van der Waals surface area contributed by atoms with Gasteiger partial charge < -0.3 is 59.4 Å². The van der Waals surface area contributed by atoms with E-state index < -0.39 is 22.2 Å². The Kier molecular flexibility index (Phi) is 20.6. The van der Waals surface area contributed by atoms with Gasteiger partial charge >= 0.3 is 33.0 Å². The molecule has 6 heterocycles. The SMILES string of the molecule is COc1ccccc1Cc1ccc(NC(=O)C2(c3ccc4c(c3)OCO4)CC2)cn1.Nc1ccc(Br)nc1.O=C(Nc1ccc(Br)nc1)C1(c2ccc3c(c2)OCO3)CC1.O=C(O)C1(c2ccc3c(c2)OCO3)CC1.[CH2-]c1ccccc1OC.[Cl][Zn+]. The molecule has 3 saturated carbocycles. The molecule has 0 spiro atoms. The molecule has 5 aromatic carbocycles. The fourth-order valence-corrected chi connectivity index (χ4v) is 10.0. The van der Waals surface area contributed by atoms with Crippen molar-refractivity contribution in [2.75, 3.05) is 51.0 Å². The fourth-order valence-electron chi connectivity index (χ4n) is 9.57. The molecule has 2 amide bonds. The van der Waals surface area contributed by atoms with Gasteiger partial charge in [0.1, 0.15) is 15.0 Å². The van der Waals surface area contributed by atoms with Gasteiger partial charge in [-0.15, -0.1) is 6.07 Å². The zero-order valence-electron chi connectivity index (χ0n) is 47.0. The summed E-state index contributed by atoms with van der Waals surface area (Å²) in [4.78, 5) is 49.3. The molecule has 0 radical (unpaired) electrons. The first kappa shape index (κ1) is 62.4. The zero-order valence-corrected chi connectivity index (χ0v) is 53.9. The molecule has 14 rings (SSSR count). The predicted octanol–water partition coefficient (Wildman–Crippen LogP) is 12.8. The maximum absolute atomic E-state index is 13.0. The van der Waals surface area contributed by atoms with Crippen LogP contribution in [0.5, 0.6) is 46.0 Å². The summed E-state index contributed by atoms with van der Waals surface area (Å²) in [5.74, 6) is 5.14. The number of amides is 2. The molecule has 3 fully saturated rings. The molecular formula is C64H59Br2ClN6O12Zn. The number of ether oxygens (including phenoxy) is 8. The molecule has 0 bridgehead atoms.